The van der Waals surface area contributed by atoms with Gasteiger partial charge in [-0.3, -0.25) is 0 Å². The van der Waals surface area contributed by atoms with E-state index >= 15 is 0 Å². The lowest BCUT2D eigenvalue weighted by Gasteiger charge is -2.29. The average molecular weight is 338 g/mol. The Balaban J connectivity index is 2.20. The van der Waals surface area contributed by atoms with Crippen LogP contribution in [0.1, 0.15) is 26.7 Å². The summed E-state index contributed by atoms with van der Waals surface area (Å²) in [6.07, 6.45) is 0.720. The second-order valence-electron chi connectivity index (χ2n) is 5.90. The van der Waals surface area contributed by atoms with Crippen LogP contribution < -0.4 is 5.32 Å². The number of nitrogens with one attached hydrogen (secondary N) is 1. The molecule has 1 N–H and O–H groups in total. The van der Waals surface area contributed by atoms with Crippen LogP contribution in [-0.2, 0) is 6.42 Å². The number of likely N-dealkylation sites (N-methyl/N-ethyl adjacent to an activating group) is 1. The maximum Gasteiger partial charge on any atom is 0.228 e. The maximum atomic E-state index is 5.38. The molecule has 1 unspecified atom stereocenters. The molecule has 2 aromatic rings. The van der Waals surface area contributed by atoms with Gasteiger partial charge in [-0.2, -0.15) is 4.98 Å². The normalized spacial score (nSPS) is 13.4. The van der Waals surface area contributed by atoms with Crippen molar-refractivity contribution in [2.24, 2.45) is 5.41 Å². The smallest absolute Gasteiger partial charge is 0.228 e. The third-order valence-electron chi connectivity index (χ3n) is 3.36. The van der Waals surface area contributed by atoms with Gasteiger partial charge in [0.25, 0.3) is 0 Å². The summed E-state index contributed by atoms with van der Waals surface area (Å²) in [5.74, 6) is 1.28. The van der Waals surface area contributed by atoms with Crippen LogP contribution in [0.3, 0.4) is 0 Å². The van der Waals surface area contributed by atoms with Gasteiger partial charge in [0.2, 0.25) is 11.7 Å². The zero-order chi connectivity index (χ0) is 14.8. The highest BCUT2D eigenvalue weighted by Crippen LogP contribution is 2.27. The fraction of sp³-hybridized carbons (Fsp3) is 0.467. The van der Waals surface area contributed by atoms with Gasteiger partial charge < -0.3 is 9.84 Å². The molecule has 0 amide bonds. The van der Waals surface area contributed by atoms with Crippen LogP contribution in [0.4, 0.5) is 0 Å². The molecule has 0 aliphatic rings. The van der Waals surface area contributed by atoms with E-state index in [0.717, 1.165) is 16.5 Å². The molecule has 0 bridgehead atoms. The summed E-state index contributed by atoms with van der Waals surface area (Å²) < 4.78 is 6.35. The quantitative estimate of drug-likeness (QED) is 0.924. The van der Waals surface area contributed by atoms with Crippen molar-refractivity contribution in [2.45, 2.75) is 33.2 Å². The summed E-state index contributed by atoms with van der Waals surface area (Å²) >= 11 is 3.50. The Hall–Kier alpha value is -1.20. The van der Waals surface area contributed by atoms with Crippen molar-refractivity contribution in [3.63, 3.8) is 0 Å². The molecular formula is C15H20BrN3O. The minimum atomic E-state index is 0.136. The number of aromatic nitrogens is 2. The van der Waals surface area contributed by atoms with Crippen LogP contribution in [0.2, 0.25) is 0 Å². The van der Waals surface area contributed by atoms with Crippen LogP contribution in [0, 0.1) is 5.41 Å². The van der Waals surface area contributed by atoms with Gasteiger partial charge >= 0.3 is 0 Å². The third-order valence-corrected chi connectivity index (χ3v) is 4.05. The highest BCUT2D eigenvalue weighted by atomic mass is 79.9. The van der Waals surface area contributed by atoms with E-state index in [0.29, 0.717) is 11.7 Å². The number of hydrogen-bond donors (Lipinski definition) is 1. The van der Waals surface area contributed by atoms with Crippen molar-refractivity contribution < 1.29 is 4.52 Å². The van der Waals surface area contributed by atoms with E-state index in [1.54, 1.807) is 0 Å². The van der Waals surface area contributed by atoms with E-state index in [1.807, 2.05) is 31.3 Å². The minimum Gasteiger partial charge on any atom is -0.339 e. The molecule has 108 valence electrons. The first-order chi connectivity index (χ1) is 9.41. The average Bonchev–Trinajstić information content (AvgIpc) is 2.83. The molecule has 20 heavy (non-hydrogen) atoms. The first-order valence-corrected chi connectivity index (χ1v) is 7.46. The lowest BCUT2D eigenvalue weighted by molar-refractivity contribution is 0.255. The lowest BCUT2D eigenvalue weighted by atomic mass is 9.85. The zero-order valence-electron chi connectivity index (χ0n) is 12.3. The fourth-order valence-electron chi connectivity index (χ4n) is 2.11. The van der Waals surface area contributed by atoms with E-state index in [4.69, 9.17) is 4.52 Å². The van der Waals surface area contributed by atoms with Crippen LogP contribution in [0.15, 0.2) is 33.3 Å². The number of hydrogen-bond acceptors (Lipinski definition) is 4. The van der Waals surface area contributed by atoms with Crippen molar-refractivity contribution >= 4 is 15.9 Å². The summed E-state index contributed by atoms with van der Waals surface area (Å²) in [6, 6.07) is 8.15. The molecule has 0 fully saturated rings. The van der Waals surface area contributed by atoms with Gasteiger partial charge in [-0.15, -0.1) is 0 Å². The molecule has 4 nitrogen and oxygen atoms in total. The Morgan fingerprint density at radius 3 is 2.60 bits per heavy atom. The summed E-state index contributed by atoms with van der Waals surface area (Å²) in [5.41, 5.74) is 1.08. The van der Waals surface area contributed by atoms with Crippen LogP contribution in [-0.4, -0.2) is 23.2 Å². The number of nitrogens with zero attached hydrogens (tertiary/aromatic N) is 2. The van der Waals surface area contributed by atoms with Crippen LogP contribution in [0.5, 0.6) is 0 Å². The number of benzene rings is 1. The standard InChI is InChI=1S/C15H20BrN3O/c1-15(2,3)12(17-4)9-13-18-14(19-20-13)10-7-5-6-8-11(10)16/h5-8,12,17H,9H2,1-4H3. The second kappa shape index (κ2) is 6.06. The van der Waals surface area contributed by atoms with Crippen molar-refractivity contribution in [3.8, 4) is 11.4 Å². The van der Waals surface area contributed by atoms with Crippen LogP contribution >= 0.6 is 15.9 Å². The highest BCUT2D eigenvalue weighted by molar-refractivity contribution is 9.10. The minimum absolute atomic E-state index is 0.136. The van der Waals surface area contributed by atoms with Gasteiger partial charge in [0, 0.05) is 22.5 Å². The molecular weight excluding hydrogens is 318 g/mol. The summed E-state index contributed by atoms with van der Waals surface area (Å²) in [4.78, 5) is 4.49. The van der Waals surface area contributed by atoms with Crippen molar-refractivity contribution in [3.05, 3.63) is 34.6 Å². The number of rotatable bonds is 4. The summed E-state index contributed by atoms with van der Waals surface area (Å²) in [6.45, 7) is 6.58. The molecule has 0 saturated carbocycles. The lowest BCUT2D eigenvalue weighted by Crippen LogP contribution is -2.39. The van der Waals surface area contributed by atoms with E-state index in [-0.39, 0.29) is 11.5 Å². The molecule has 0 aliphatic carbocycles. The first-order valence-electron chi connectivity index (χ1n) is 6.66. The van der Waals surface area contributed by atoms with E-state index in [2.05, 4.69) is 52.2 Å². The predicted octanol–water partition coefficient (Wildman–Crippen LogP) is 3.68. The van der Waals surface area contributed by atoms with Gasteiger partial charge in [-0.05, 0) is 24.6 Å². The Bertz CT molecular complexity index is 574. The van der Waals surface area contributed by atoms with E-state index in [1.165, 1.54) is 0 Å². The maximum absolute atomic E-state index is 5.38. The second-order valence-corrected chi connectivity index (χ2v) is 6.76. The van der Waals surface area contributed by atoms with Crippen molar-refractivity contribution in [1.29, 1.82) is 0 Å². The molecule has 1 aromatic heterocycles. The topological polar surface area (TPSA) is 51.0 Å². The van der Waals surface area contributed by atoms with Gasteiger partial charge in [-0.1, -0.05) is 54.0 Å². The molecule has 1 heterocycles. The highest BCUT2D eigenvalue weighted by Gasteiger charge is 2.25. The van der Waals surface area contributed by atoms with Gasteiger partial charge in [0.15, 0.2) is 0 Å². The molecule has 1 atom stereocenters. The Morgan fingerprint density at radius 2 is 2.00 bits per heavy atom. The molecule has 0 saturated heterocycles. The number of halogens is 1. The Morgan fingerprint density at radius 1 is 1.30 bits per heavy atom. The van der Waals surface area contributed by atoms with E-state index in [9.17, 15) is 0 Å². The first kappa shape index (κ1) is 15.2. The molecule has 0 aliphatic heterocycles. The van der Waals surface area contributed by atoms with E-state index < -0.39 is 0 Å². The molecule has 0 spiro atoms. The third kappa shape index (κ3) is 3.46. The van der Waals surface area contributed by atoms with Crippen molar-refractivity contribution in [2.75, 3.05) is 7.05 Å². The van der Waals surface area contributed by atoms with Gasteiger partial charge in [0.05, 0.1) is 0 Å². The Kier molecular flexibility index (Phi) is 4.60. The van der Waals surface area contributed by atoms with Crippen molar-refractivity contribution in [1.82, 2.24) is 15.5 Å². The molecule has 1 aromatic carbocycles. The molecule has 5 heteroatoms. The SMILES string of the molecule is CNC(Cc1nc(-c2ccccc2Br)no1)C(C)(C)C. The predicted molar refractivity (Wildman–Crippen MR) is 83.4 cm³/mol. The summed E-state index contributed by atoms with van der Waals surface area (Å²) in [5, 5.41) is 7.39. The van der Waals surface area contributed by atoms with Gasteiger partial charge in [0.1, 0.15) is 0 Å². The van der Waals surface area contributed by atoms with Gasteiger partial charge in [-0.25, -0.2) is 0 Å². The monoisotopic (exact) mass is 337 g/mol. The summed E-state index contributed by atoms with van der Waals surface area (Å²) in [7, 11) is 1.96. The largest absolute Gasteiger partial charge is 0.339 e. The molecule has 2 rings (SSSR count). The fourth-order valence-corrected chi connectivity index (χ4v) is 2.57. The Labute approximate surface area is 128 Å². The zero-order valence-corrected chi connectivity index (χ0v) is 13.9. The van der Waals surface area contributed by atoms with Crippen LogP contribution in [0.25, 0.3) is 11.4 Å². The molecule has 0 radical (unpaired) electrons.